The lowest BCUT2D eigenvalue weighted by molar-refractivity contribution is 1.58. The summed E-state index contributed by atoms with van der Waals surface area (Å²) in [6.07, 6.45) is 0. The predicted molar refractivity (Wildman–Crippen MR) is 122 cm³/mol. The van der Waals surface area contributed by atoms with Gasteiger partial charge in [0.2, 0.25) is 0 Å². The highest BCUT2D eigenvalue weighted by Crippen LogP contribution is 2.43. The molecule has 4 heteroatoms. The predicted octanol–water partition coefficient (Wildman–Crippen LogP) is 6.40. The molecule has 5 rings (SSSR count). The molecule has 0 aromatic heterocycles. The Morgan fingerprint density at radius 3 is 1.46 bits per heavy atom. The molecule has 28 heavy (non-hydrogen) atoms. The fraction of sp³-hybridized carbons (Fsp3) is 0. The minimum absolute atomic E-state index is 0.0796. The van der Waals surface area contributed by atoms with Crippen molar-refractivity contribution >= 4 is 42.6 Å². The fourth-order valence-corrected chi connectivity index (χ4v) is 4.44. The van der Waals surface area contributed by atoms with Crippen LogP contribution < -0.4 is 10.9 Å². The molecule has 0 spiro atoms. The highest BCUT2D eigenvalue weighted by Gasteiger charge is 2.30. The van der Waals surface area contributed by atoms with Crippen molar-refractivity contribution in [2.24, 2.45) is 0 Å². The van der Waals surface area contributed by atoms with Crippen LogP contribution in [0.4, 0.5) is 0 Å². The molecule has 2 nitrogen and oxygen atoms in total. The van der Waals surface area contributed by atoms with Gasteiger partial charge >= 0.3 is 0 Å². The van der Waals surface area contributed by atoms with E-state index in [1.54, 1.807) is 0 Å². The smallest absolute Gasteiger partial charge is 0.195 e. The van der Waals surface area contributed by atoms with E-state index in [0.29, 0.717) is 22.1 Å². The van der Waals surface area contributed by atoms with Gasteiger partial charge in [-0.3, -0.25) is 9.59 Å². The molecule has 0 amide bonds. The maximum atomic E-state index is 13.6. The van der Waals surface area contributed by atoms with E-state index in [9.17, 15) is 9.59 Å². The standard InChI is InChI=1S/C24H12Br2O2/c25-15-9-5-13(6-10-15)19-21-17-3-1-2-4-18(17)23(27)22(21)20(24(19)28)14-7-11-16(26)12-8-14/h1-12H. The van der Waals surface area contributed by atoms with Gasteiger partial charge in [0.25, 0.3) is 0 Å². The second-order valence-corrected chi connectivity index (χ2v) is 8.55. The minimum Gasteiger partial charge on any atom is -0.289 e. The molecule has 134 valence electrons. The van der Waals surface area contributed by atoms with Gasteiger partial charge in [-0.2, -0.15) is 0 Å². The van der Waals surface area contributed by atoms with E-state index in [-0.39, 0.29) is 10.9 Å². The Morgan fingerprint density at radius 1 is 0.464 bits per heavy atom. The van der Waals surface area contributed by atoms with Crippen LogP contribution in [0, 0.1) is 0 Å². The average molecular weight is 492 g/mol. The summed E-state index contributed by atoms with van der Waals surface area (Å²) in [7, 11) is 0. The van der Waals surface area contributed by atoms with Crippen molar-refractivity contribution in [1.29, 1.82) is 0 Å². The highest BCUT2D eigenvalue weighted by atomic mass is 79.9. The van der Waals surface area contributed by atoms with E-state index < -0.39 is 0 Å². The zero-order valence-electron chi connectivity index (χ0n) is 14.5. The van der Waals surface area contributed by atoms with E-state index >= 15 is 0 Å². The van der Waals surface area contributed by atoms with Crippen LogP contribution in [0.15, 0.2) is 91.3 Å². The molecular weight excluding hydrogens is 480 g/mol. The molecule has 0 heterocycles. The van der Waals surface area contributed by atoms with Gasteiger partial charge in [0.15, 0.2) is 10.9 Å². The van der Waals surface area contributed by atoms with Crippen molar-refractivity contribution in [1.82, 2.24) is 0 Å². The average Bonchev–Trinajstić information content (AvgIpc) is 3.16. The molecule has 2 aliphatic carbocycles. The quantitative estimate of drug-likeness (QED) is 0.286. The molecule has 2 aliphatic rings. The molecule has 0 saturated carbocycles. The van der Waals surface area contributed by atoms with Crippen LogP contribution in [0.3, 0.4) is 0 Å². The van der Waals surface area contributed by atoms with Gasteiger partial charge < -0.3 is 0 Å². The molecule has 0 aliphatic heterocycles. The van der Waals surface area contributed by atoms with Crippen molar-refractivity contribution < 1.29 is 0 Å². The number of benzene rings is 3. The van der Waals surface area contributed by atoms with Gasteiger partial charge in [-0.25, -0.2) is 0 Å². The first-order chi connectivity index (χ1) is 13.6. The highest BCUT2D eigenvalue weighted by molar-refractivity contribution is 9.10. The molecule has 0 N–H and O–H groups in total. The van der Waals surface area contributed by atoms with Gasteiger partial charge in [-0.05, 0) is 40.8 Å². The van der Waals surface area contributed by atoms with E-state index in [2.05, 4.69) is 31.9 Å². The van der Waals surface area contributed by atoms with Crippen LogP contribution in [-0.2, 0) is 0 Å². The summed E-state index contributed by atoms with van der Waals surface area (Å²) < 4.78 is 1.87. The van der Waals surface area contributed by atoms with E-state index in [1.807, 2.05) is 72.8 Å². The van der Waals surface area contributed by atoms with Crippen LogP contribution in [0.2, 0.25) is 0 Å². The van der Waals surface area contributed by atoms with Crippen LogP contribution in [0.25, 0.3) is 44.2 Å². The first-order valence-corrected chi connectivity index (χ1v) is 10.3. The summed E-state index contributed by atoms with van der Waals surface area (Å²) in [5.74, 6) is 0. The largest absolute Gasteiger partial charge is 0.289 e. The fourth-order valence-electron chi connectivity index (χ4n) is 3.92. The second kappa shape index (κ2) is 6.50. The maximum absolute atomic E-state index is 13.6. The Labute approximate surface area is 177 Å². The van der Waals surface area contributed by atoms with Crippen molar-refractivity contribution in [2.75, 3.05) is 0 Å². The van der Waals surface area contributed by atoms with E-state index in [0.717, 1.165) is 31.0 Å². The molecular formula is C24H12Br2O2. The summed E-state index contributed by atoms with van der Waals surface area (Å²) in [4.78, 5) is 26.8. The van der Waals surface area contributed by atoms with Crippen LogP contribution in [0.1, 0.15) is 0 Å². The molecule has 0 bridgehead atoms. The van der Waals surface area contributed by atoms with Crippen molar-refractivity contribution in [3.05, 3.63) is 102 Å². The number of hydrogen-bond donors (Lipinski definition) is 0. The third-order valence-electron chi connectivity index (χ3n) is 5.14. The topological polar surface area (TPSA) is 34.1 Å². The normalized spacial score (nSPS) is 11.5. The number of halogens is 2. The van der Waals surface area contributed by atoms with Crippen molar-refractivity contribution in [3.8, 4) is 33.4 Å². The van der Waals surface area contributed by atoms with Gasteiger partial charge in [-0.1, -0.05) is 80.4 Å². The first-order valence-electron chi connectivity index (χ1n) is 8.76. The minimum atomic E-state index is -0.0995. The lowest BCUT2D eigenvalue weighted by atomic mass is 10.0. The summed E-state index contributed by atoms with van der Waals surface area (Å²) in [6, 6.07) is 22.7. The maximum Gasteiger partial charge on any atom is 0.195 e. The van der Waals surface area contributed by atoms with Crippen molar-refractivity contribution in [2.45, 2.75) is 0 Å². The molecule has 3 aromatic carbocycles. The van der Waals surface area contributed by atoms with E-state index in [4.69, 9.17) is 0 Å². The molecule has 3 aromatic rings. The summed E-state index contributed by atoms with van der Waals surface area (Å²) in [5.41, 5.74) is 3.75. The zero-order chi connectivity index (χ0) is 19.4. The summed E-state index contributed by atoms with van der Waals surface area (Å²) in [6.45, 7) is 0. The summed E-state index contributed by atoms with van der Waals surface area (Å²) in [5, 5.41) is 1.49. The lowest BCUT2D eigenvalue weighted by Gasteiger charge is -2.01. The Balaban J connectivity index is 1.96. The SMILES string of the molecule is O=c1c(-c2ccc(Br)cc2)c2c(=O)c3ccccc3c-2c1-c1ccc(Br)cc1. The monoisotopic (exact) mass is 490 g/mol. The Morgan fingerprint density at radius 2 is 0.929 bits per heavy atom. The van der Waals surface area contributed by atoms with Crippen LogP contribution in [0.5, 0.6) is 0 Å². The molecule has 0 atom stereocenters. The lowest BCUT2D eigenvalue weighted by Crippen LogP contribution is -2.04. The zero-order valence-corrected chi connectivity index (χ0v) is 17.7. The van der Waals surface area contributed by atoms with E-state index in [1.165, 1.54) is 0 Å². The Bertz CT molecular complexity index is 1390. The third kappa shape index (κ3) is 2.52. The Kier molecular flexibility index (Phi) is 4.07. The number of fused-ring (bicyclic) bond motifs is 3. The molecule has 0 unspecified atom stereocenters. The summed E-state index contributed by atoms with van der Waals surface area (Å²) >= 11 is 6.88. The molecule has 0 fully saturated rings. The van der Waals surface area contributed by atoms with Gasteiger partial charge in [0.05, 0.1) is 0 Å². The van der Waals surface area contributed by atoms with Gasteiger partial charge in [-0.15, -0.1) is 0 Å². The van der Waals surface area contributed by atoms with Crippen LogP contribution in [-0.4, -0.2) is 0 Å². The van der Waals surface area contributed by atoms with Crippen molar-refractivity contribution in [3.63, 3.8) is 0 Å². The number of hydrogen-bond acceptors (Lipinski definition) is 2. The van der Waals surface area contributed by atoms with Gasteiger partial charge in [0, 0.05) is 36.6 Å². The number of rotatable bonds is 2. The molecule has 0 radical (unpaired) electrons. The third-order valence-corrected chi connectivity index (χ3v) is 6.20. The first kappa shape index (κ1) is 17.5. The van der Waals surface area contributed by atoms with Gasteiger partial charge in [0.1, 0.15) is 0 Å². The van der Waals surface area contributed by atoms with Crippen LogP contribution >= 0.6 is 31.9 Å². The second-order valence-electron chi connectivity index (χ2n) is 6.72. The molecule has 0 saturated heterocycles. The Hall–Kier alpha value is -2.56.